The van der Waals surface area contributed by atoms with Gasteiger partial charge in [0.2, 0.25) is 11.8 Å². The minimum Gasteiger partial charge on any atom is -0.410 e. The van der Waals surface area contributed by atoms with Gasteiger partial charge in [0.1, 0.15) is 5.75 Å². The fraction of sp³-hybridized carbons (Fsp3) is 0.412. The molecule has 2 rings (SSSR count). The summed E-state index contributed by atoms with van der Waals surface area (Å²) in [4.78, 5) is 48.5. The Bertz CT molecular complexity index is 626. The number of rotatable bonds is 6. The Morgan fingerprint density at radius 1 is 1.12 bits per heavy atom. The lowest BCUT2D eigenvalue weighted by Crippen LogP contribution is -2.49. The molecule has 0 spiro atoms. The second kappa shape index (κ2) is 7.72. The van der Waals surface area contributed by atoms with E-state index in [1.54, 1.807) is 44.2 Å². The third-order valence-electron chi connectivity index (χ3n) is 3.71. The van der Waals surface area contributed by atoms with E-state index < -0.39 is 17.9 Å². The molecule has 1 heterocycles. The number of nitrogens with zero attached hydrogens (tertiary/aromatic N) is 1. The van der Waals surface area contributed by atoms with Gasteiger partial charge in [-0.3, -0.25) is 19.3 Å². The van der Waals surface area contributed by atoms with Gasteiger partial charge in [0.05, 0.1) is 12.6 Å². The average molecular weight is 332 g/mol. The normalized spacial score (nSPS) is 15.5. The summed E-state index contributed by atoms with van der Waals surface area (Å²) in [6.07, 6.45) is -0.503. The summed E-state index contributed by atoms with van der Waals surface area (Å²) in [5, 5.41) is 2.51. The van der Waals surface area contributed by atoms with Gasteiger partial charge in [-0.15, -0.1) is 0 Å². The highest BCUT2D eigenvalue weighted by Gasteiger charge is 2.34. The topological polar surface area (TPSA) is 92.8 Å². The van der Waals surface area contributed by atoms with Crippen LogP contribution in [0.1, 0.15) is 26.7 Å². The summed E-state index contributed by atoms with van der Waals surface area (Å²) >= 11 is 0. The molecule has 0 bridgehead atoms. The minimum atomic E-state index is -0.845. The fourth-order valence-corrected chi connectivity index (χ4v) is 2.42. The monoisotopic (exact) mass is 332 g/mol. The molecule has 1 aliphatic heterocycles. The molecule has 1 atom stereocenters. The van der Waals surface area contributed by atoms with Crippen LogP contribution < -0.4 is 10.1 Å². The van der Waals surface area contributed by atoms with Gasteiger partial charge >= 0.3 is 6.09 Å². The Morgan fingerprint density at radius 2 is 1.71 bits per heavy atom. The van der Waals surface area contributed by atoms with Crippen molar-refractivity contribution < 1.29 is 23.9 Å². The van der Waals surface area contributed by atoms with Gasteiger partial charge in [-0.2, -0.15) is 0 Å². The summed E-state index contributed by atoms with van der Waals surface area (Å²) in [7, 11) is 0. The highest BCUT2D eigenvalue weighted by molar-refractivity contribution is 6.05. The third kappa shape index (κ3) is 4.41. The van der Waals surface area contributed by atoms with Gasteiger partial charge < -0.3 is 10.1 Å². The maximum Gasteiger partial charge on any atom is 0.413 e. The Labute approximate surface area is 140 Å². The summed E-state index contributed by atoms with van der Waals surface area (Å²) < 4.78 is 5.11. The SMILES string of the molecule is CC(C)[C@H](NC(=O)Oc1ccccc1)C(=O)CN1C(=O)CCC1=O. The van der Waals surface area contributed by atoms with Crippen molar-refractivity contribution in [3.63, 3.8) is 0 Å². The zero-order valence-corrected chi connectivity index (χ0v) is 13.7. The summed E-state index contributed by atoms with van der Waals surface area (Å²) in [6, 6.07) is 7.62. The molecule has 1 saturated heterocycles. The molecule has 128 valence electrons. The van der Waals surface area contributed by atoms with Gasteiger partial charge in [0.25, 0.3) is 0 Å². The summed E-state index contributed by atoms with van der Waals surface area (Å²) in [6.45, 7) is 3.20. The van der Waals surface area contributed by atoms with E-state index in [-0.39, 0.29) is 37.1 Å². The standard InChI is InChI=1S/C17H20N2O5/c1-11(2)16(13(20)10-19-14(21)8-9-15(19)22)18-17(23)24-12-6-4-3-5-7-12/h3-7,11,16H,8-10H2,1-2H3,(H,18,23)/t16-/m0/s1. The molecule has 1 N–H and O–H groups in total. The molecule has 7 heteroatoms. The van der Waals surface area contributed by atoms with Crippen LogP contribution in [0.3, 0.4) is 0 Å². The molecule has 0 unspecified atom stereocenters. The van der Waals surface area contributed by atoms with Gasteiger partial charge in [0.15, 0.2) is 5.78 Å². The number of imide groups is 1. The van der Waals surface area contributed by atoms with Crippen LogP contribution in [0.2, 0.25) is 0 Å². The van der Waals surface area contributed by atoms with Crippen molar-refractivity contribution in [3.05, 3.63) is 30.3 Å². The number of hydrogen-bond donors (Lipinski definition) is 1. The number of hydrogen-bond acceptors (Lipinski definition) is 5. The Morgan fingerprint density at radius 3 is 2.25 bits per heavy atom. The number of carbonyl (C=O) groups is 4. The van der Waals surface area contributed by atoms with E-state index in [2.05, 4.69) is 5.32 Å². The molecule has 0 saturated carbocycles. The summed E-state index contributed by atoms with van der Waals surface area (Å²) in [5.74, 6) is -0.979. The van der Waals surface area contributed by atoms with E-state index in [9.17, 15) is 19.2 Å². The third-order valence-corrected chi connectivity index (χ3v) is 3.71. The number of benzene rings is 1. The predicted octanol–water partition coefficient (Wildman–Crippen LogP) is 1.52. The number of para-hydroxylation sites is 1. The van der Waals surface area contributed by atoms with Crippen molar-refractivity contribution in [2.24, 2.45) is 5.92 Å². The molecule has 1 aromatic rings. The van der Waals surface area contributed by atoms with Gasteiger partial charge in [-0.1, -0.05) is 32.0 Å². The van der Waals surface area contributed by atoms with E-state index in [1.165, 1.54) is 0 Å². The maximum atomic E-state index is 12.4. The number of ketones is 1. The summed E-state index contributed by atoms with van der Waals surface area (Å²) in [5.41, 5.74) is 0. The van der Waals surface area contributed by atoms with Crippen molar-refractivity contribution in [1.82, 2.24) is 10.2 Å². The number of likely N-dealkylation sites (tertiary alicyclic amines) is 1. The van der Waals surface area contributed by atoms with Crippen LogP contribution in [0.5, 0.6) is 5.75 Å². The minimum absolute atomic E-state index is 0.127. The highest BCUT2D eigenvalue weighted by atomic mass is 16.6. The number of Topliss-reactive ketones (excluding diaryl/α,β-unsaturated/α-hetero) is 1. The largest absolute Gasteiger partial charge is 0.413 e. The number of amides is 3. The fourth-order valence-electron chi connectivity index (χ4n) is 2.42. The van der Waals surface area contributed by atoms with Gasteiger partial charge in [0, 0.05) is 12.8 Å². The van der Waals surface area contributed by atoms with Crippen molar-refractivity contribution in [2.45, 2.75) is 32.7 Å². The Balaban J connectivity index is 1.98. The zero-order valence-electron chi connectivity index (χ0n) is 13.7. The Hall–Kier alpha value is -2.70. The molecular formula is C17H20N2O5. The average Bonchev–Trinajstić information content (AvgIpc) is 2.85. The van der Waals surface area contributed by atoms with Crippen LogP contribution in [0, 0.1) is 5.92 Å². The number of ether oxygens (including phenoxy) is 1. The van der Waals surface area contributed by atoms with Crippen molar-refractivity contribution in [3.8, 4) is 5.75 Å². The molecule has 0 aromatic heterocycles. The zero-order chi connectivity index (χ0) is 17.7. The number of carbonyl (C=O) groups excluding carboxylic acids is 4. The van der Waals surface area contributed by atoms with Crippen LogP contribution in [-0.4, -0.2) is 41.2 Å². The Kier molecular flexibility index (Phi) is 5.68. The second-order valence-corrected chi connectivity index (χ2v) is 5.91. The van der Waals surface area contributed by atoms with E-state index in [0.717, 1.165) is 4.90 Å². The van der Waals surface area contributed by atoms with Crippen LogP contribution in [0.25, 0.3) is 0 Å². The molecule has 0 radical (unpaired) electrons. The van der Waals surface area contributed by atoms with Crippen LogP contribution >= 0.6 is 0 Å². The van der Waals surface area contributed by atoms with Gasteiger partial charge in [-0.25, -0.2) is 4.79 Å². The number of nitrogens with one attached hydrogen (secondary N) is 1. The molecular weight excluding hydrogens is 312 g/mol. The first-order valence-electron chi connectivity index (χ1n) is 7.77. The van der Waals surface area contributed by atoms with E-state index in [4.69, 9.17) is 4.74 Å². The lowest BCUT2D eigenvalue weighted by molar-refractivity contribution is -0.142. The molecule has 24 heavy (non-hydrogen) atoms. The lowest BCUT2D eigenvalue weighted by Gasteiger charge is -2.23. The molecule has 1 aliphatic rings. The second-order valence-electron chi connectivity index (χ2n) is 5.91. The first-order valence-corrected chi connectivity index (χ1v) is 7.77. The van der Waals surface area contributed by atoms with Crippen LogP contribution in [0.4, 0.5) is 4.79 Å². The quantitative estimate of drug-likeness (QED) is 0.797. The lowest BCUT2D eigenvalue weighted by atomic mass is 9.99. The van der Waals surface area contributed by atoms with E-state index in [1.807, 2.05) is 0 Å². The predicted molar refractivity (Wildman–Crippen MR) is 85.2 cm³/mol. The van der Waals surface area contributed by atoms with Gasteiger partial charge in [-0.05, 0) is 18.1 Å². The molecule has 3 amide bonds. The van der Waals surface area contributed by atoms with E-state index in [0.29, 0.717) is 5.75 Å². The van der Waals surface area contributed by atoms with Crippen LogP contribution in [-0.2, 0) is 14.4 Å². The maximum absolute atomic E-state index is 12.4. The molecule has 1 fully saturated rings. The smallest absolute Gasteiger partial charge is 0.410 e. The highest BCUT2D eigenvalue weighted by Crippen LogP contribution is 2.14. The molecule has 7 nitrogen and oxygen atoms in total. The first-order chi connectivity index (χ1) is 11.4. The molecule has 0 aliphatic carbocycles. The van der Waals surface area contributed by atoms with Crippen molar-refractivity contribution in [2.75, 3.05) is 6.54 Å². The van der Waals surface area contributed by atoms with Crippen LogP contribution in [0.15, 0.2) is 30.3 Å². The van der Waals surface area contributed by atoms with Crippen molar-refractivity contribution in [1.29, 1.82) is 0 Å². The first kappa shape index (κ1) is 17.7. The van der Waals surface area contributed by atoms with Crippen molar-refractivity contribution >= 4 is 23.7 Å². The molecule has 1 aromatic carbocycles. The van der Waals surface area contributed by atoms with E-state index >= 15 is 0 Å².